The standard InChI is InChI=1S/C16H26N4O3/c1-12(2)20-13(4-5-17-20)16(22)19-7-3-6-18(8-9-19)14-10-23-11-15(14)21/h4-5,12,14-15,21H,3,6-11H2,1-2H3/t14-,15-/m0/s1. The van der Waals surface area contributed by atoms with E-state index in [1.165, 1.54) is 0 Å². The SMILES string of the molecule is CC(C)n1nccc1C(=O)N1CCCN([C@H]2COC[C@@H]2O)CC1. The van der Waals surface area contributed by atoms with E-state index in [1.807, 2.05) is 18.7 Å². The Balaban J connectivity index is 1.65. The molecular weight excluding hydrogens is 296 g/mol. The van der Waals surface area contributed by atoms with E-state index in [9.17, 15) is 9.90 Å². The lowest BCUT2D eigenvalue weighted by molar-refractivity contribution is 0.0713. The maximum absolute atomic E-state index is 12.8. The Morgan fingerprint density at radius 2 is 2.13 bits per heavy atom. The summed E-state index contributed by atoms with van der Waals surface area (Å²) in [5, 5.41) is 14.2. The lowest BCUT2D eigenvalue weighted by Gasteiger charge is -2.28. The average Bonchev–Trinajstić information content (AvgIpc) is 3.10. The van der Waals surface area contributed by atoms with E-state index < -0.39 is 6.10 Å². The molecule has 128 valence electrons. The maximum Gasteiger partial charge on any atom is 0.272 e. The van der Waals surface area contributed by atoms with Gasteiger partial charge >= 0.3 is 0 Å². The molecule has 0 unspecified atom stereocenters. The molecule has 2 atom stereocenters. The van der Waals surface area contributed by atoms with Gasteiger partial charge in [-0.1, -0.05) is 0 Å². The van der Waals surface area contributed by atoms with Crippen LogP contribution in [0.3, 0.4) is 0 Å². The van der Waals surface area contributed by atoms with Gasteiger partial charge in [0.1, 0.15) is 5.69 Å². The zero-order valence-corrected chi connectivity index (χ0v) is 13.9. The Morgan fingerprint density at radius 3 is 2.83 bits per heavy atom. The zero-order chi connectivity index (χ0) is 16.4. The van der Waals surface area contributed by atoms with Crippen molar-refractivity contribution in [2.75, 3.05) is 39.4 Å². The highest BCUT2D eigenvalue weighted by Gasteiger charge is 2.33. The van der Waals surface area contributed by atoms with Crippen molar-refractivity contribution >= 4 is 5.91 Å². The Bertz CT molecular complexity index is 545. The van der Waals surface area contributed by atoms with Gasteiger partial charge in [0.2, 0.25) is 0 Å². The average molecular weight is 322 g/mol. The largest absolute Gasteiger partial charge is 0.389 e. The summed E-state index contributed by atoms with van der Waals surface area (Å²) in [7, 11) is 0. The summed E-state index contributed by atoms with van der Waals surface area (Å²) in [6.07, 6.45) is 2.17. The number of carbonyl (C=O) groups is 1. The summed E-state index contributed by atoms with van der Waals surface area (Å²) in [6.45, 7) is 8.11. The molecule has 1 N–H and O–H groups in total. The third-order valence-electron chi connectivity index (χ3n) is 4.69. The van der Waals surface area contributed by atoms with Crippen molar-refractivity contribution in [3.05, 3.63) is 18.0 Å². The Labute approximate surface area is 136 Å². The predicted octanol–water partition coefficient (Wildman–Crippen LogP) is 0.372. The predicted molar refractivity (Wildman–Crippen MR) is 85.3 cm³/mol. The fourth-order valence-corrected chi connectivity index (χ4v) is 3.41. The summed E-state index contributed by atoms with van der Waals surface area (Å²) in [4.78, 5) is 17.0. The third kappa shape index (κ3) is 3.41. The molecular formula is C16H26N4O3. The first-order valence-electron chi connectivity index (χ1n) is 8.40. The van der Waals surface area contributed by atoms with Gasteiger partial charge in [0.05, 0.1) is 25.4 Å². The van der Waals surface area contributed by atoms with Gasteiger partial charge in [0.25, 0.3) is 5.91 Å². The fraction of sp³-hybridized carbons (Fsp3) is 0.750. The van der Waals surface area contributed by atoms with Gasteiger partial charge in [-0.25, -0.2) is 0 Å². The fourth-order valence-electron chi connectivity index (χ4n) is 3.41. The molecule has 0 aromatic carbocycles. The van der Waals surface area contributed by atoms with E-state index in [0.29, 0.717) is 25.5 Å². The lowest BCUT2D eigenvalue weighted by atomic mass is 10.2. The highest BCUT2D eigenvalue weighted by Crippen LogP contribution is 2.17. The van der Waals surface area contributed by atoms with Crippen LogP contribution in [0.1, 0.15) is 36.8 Å². The number of aromatic nitrogens is 2. The molecule has 2 aliphatic rings. The van der Waals surface area contributed by atoms with Crippen molar-refractivity contribution in [1.29, 1.82) is 0 Å². The minimum absolute atomic E-state index is 0.0428. The number of amides is 1. The van der Waals surface area contributed by atoms with Gasteiger partial charge in [0, 0.05) is 38.4 Å². The Hall–Kier alpha value is -1.44. The second-order valence-electron chi connectivity index (χ2n) is 6.61. The van der Waals surface area contributed by atoms with E-state index in [2.05, 4.69) is 10.00 Å². The molecule has 1 amide bonds. The van der Waals surface area contributed by atoms with E-state index >= 15 is 0 Å². The quantitative estimate of drug-likeness (QED) is 0.871. The zero-order valence-electron chi connectivity index (χ0n) is 13.9. The van der Waals surface area contributed by atoms with Gasteiger partial charge in [-0.3, -0.25) is 14.4 Å². The van der Waals surface area contributed by atoms with Gasteiger partial charge in [-0.15, -0.1) is 0 Å². The molecule has 3 heterocycles. The summed E-state index contributed by atoms with van der Waals surface area (Å²) in [5.41, 5.74) is 0.651. The molecule has 2 aliphatic heterocycles. The van der Waals surface area contributed by atoms with Crippen LogP contribution in [0.15, 0.2) is 12.3 Å². The second kappa shape index (κ2) is 6.98. The van der Waals surface area contributed by atoms with Gasteiger partial charge in [-0.05, 0) is 26.3 Å². The van der Waals surface area contributed by atoms with Crippen molar-refractivity contribution < 1.29 is 14.6 Å². The molecule has 7 nitrogen and oxygen atoms in total. The molecule has 1 aromatic heterocycles. The molecule has 0 aliphatic carbocycles. The molecule has 2 saturated heterocycles. The van der Waals surface area contributed by atoms with E-state index in [-0.39, 0.29) is 18.0 Å². The molecule has 0 spiro atoms. The molecule has 2 fully saturated rings. The van der Waals surface area contributed by atoms with Crippen LogP contribution in [0, 0.1) is 0 Å². The summed E-state index contributed by atoms with van der Waals surface area (Å²) >= 11 is 0. The smallest absolute Gasteiger partial charge is 0.272 e. The van der Waals surface area contributed by atoms with Gasteiger partial charge in [0.15, 0.2) is 0 Å². The van der Waals surface area contributed by atoms with Crippen LogP contribution >= 0.6 is 0 Å². The van der Waals surface area contributed by atoms with Gasteiger partial charge < -0.3 is 14.7 Å². The van der Waals surface area contributed by atoms with Crippen LogP contribution in [0.25, 0.3) is 0 Å². The summed E-state index contributed by atoms with van der Waals surface area (Å²) < 4.78 is 7.13. The molecule has 3 rings (SSSR count). The number of rotatable bonds is 3. The molecule has 0 bridgehead atoms. The van der Waals surface area contributed by atoms with Crippen LogP contribution < -0.4 is 0 Å². The highest BCUT2D eigenvalue weighted by atomic mass is 16.5. The first-order chi connectivity index (χ1) is 11.1. The van der Waals surface area contributed by atoms with Crippen molar-refractivity contribution in [2.45, 2.75) is 38.5 Å². The number of hydrogen-bond acceptors (Lipinski definition) is 5. The molecule has 0 radical (unpaired) electrons. The highest BCUT2D eigenvalue weighted by molar-refractivity contribution is 5.92. The van der Waals surface area contributed by atoms with Crippen molar-refractivity contribution in [2.24, 2.45) is 0 Å². The Morgan fingerprint density at radius 1 is 1.30 bits per heavy atom. The van der Waals surface area contributed by atoms with Crippen molar-refractivity contribution in [3.63, 3.8) is 0 Å². The van der Waals surface area contributed by atoms with Crippen molar-refractivity contribution in [1.82, 2.24) is 19.6 Å². The van der Waals surface area contributed by atoms with Crippen LogP contribution in [-0.4, -0.2) is 82.1 Å². The van der Waals surface area contributed by atoms with E-state index in [4.69, 9.17) is 4.74 Å². The van der Waals surface area contributed by atoms with Crippen molar-refractivity contribution in [3.8, 4) is 0 Å². The number of nitrogens with zero attached hydrogens (tertiary/aromatic N) is 4. The van der Waals surface area contributed by atoms with Crippen LogP contribution in [0.2, 0.25) is 0 Å². The number of ether oxygens (including phenoxy) is 1. The lowest BCUT2D eigenvalue weighted by Crippen LogP contribution is -2.45. The monoisotopic (exact) mass is 322 g/mol. The first kappa shape index (κ1) is 16.4. The molecule has 7 heteroatoms. The van der Waals surface area contributed by atoms with E-state index in [0.717, 1.165) is 26.1 Å². The topological polar surface area (TPSA) is 70.8 Å². The number of carbonyl (C=O) groups excluding carboxylic acids is 1. The number of aliphatic hydroxyl groups is 1. The maximum atomic E-state index is 12.8. The third-order valence-corrected chi connectivity index (χ3v) is 4.69. The second-order valence-corrected chi connectivity index (χ2v) is 6.61. The van der Waals surface area contributed by atoms with E-state index in [1.54, 1.807) is 16.9 Å². The van der Waals surface area contributed by atoms with Crippen LogP contribution in [0.5, 0.6) is 0 Å². The number of hydrogen-bond donors (Lipinski definition) is 1. The summed E-state index contributed by atoms with van der Waals surface area (Å²) in [5.74, 6) is 0.0428. The minimum Gasteiger partial charge on any atom is -0.389 e. The minimum atomic E-state index is -0.417. The van der Waals surface area contributed by atoms with Crippen LogP contribution in [0.4, 0.5) is 0 Å². The van der Waals surface area contributed by atoms with Crippen LogP contribution in [-0.2, 0) is 4.74 Å². The summed E-state index contributed by atoms with van der Waals surface area (Å²) in [6, 6.07) is 2.02. The normalized spacial score (nSPS) is 26.7. The first-order valence-corrected chi connectivity index (χ1v) is 8.40. The van der Waals surface area contributed by atoms with Gasteiger partial charge in [-0.2, -0.15) is 5.10 Å². The molecule has 0 saturated carbocycles. The molecule has 1 aromatic rings. The Kier molecular flexibility index (Phi) is 4.99. The molecule has 23 heavy (non-hydrogen) atoms. The number of aliphatic hydroxyl groups excluding tert-OH is 1.